The number of nitrogens with one attached hydrogen (secondary N) is 2. The number of anilines is 1. The molecule has 4 aromatic rings. The van der Waals surface area contributed by atoms with Gasteiger partial charge in [-0.2, -0.15) is 0 Å². The molecule has 0 aliphatic carbocycles. The molecule has 0 atom stereocenters. The molecule has 0 aliphatic heterocycles. The number of aromatic amines is 1. The molecule has 0 fully saturated rings. The van der Waals surface area contributed by atoms with Crippen LogP contribution in [0.2, 0.25) is 10.0 Å². The zero-order chi connectivity index (χ0) is 18.1. The maximum absolute atomic E-state index is 6.41. The number of hydrogen-bond acceptors (Lipinski definition) is 6. The van der Waals surface area contributed by atoms with E-state index in [0.717, 1.165) is 16.6 Å². The molecule has 9 heteroatoms. The molecule has 0 saturated carbocycles. The minimum Gasteiger partial charge on any atom is -0.495 e. The van der Waals surface area contributed by atoms with Crippen molar-refractivity contribution in [2.24, 2.45) is 0 Å². The highest BCUT2D eigenvalue weighted by Crippen LogP contribution is 2.31. The number of rotatable bonds is 5. The van der Waals surface area contributed by atoms with Crippen LogP contribution < -0.4 is 10.1 Å². The van der Waals surface area contributed by atoms with Crippen LogP contribution in [0.15, 0.2) is 40.8 Å². The third kappa shape index (κ3) is 3.18. The van der Waals surface area contributed by atoms with Crippen molar-refractivity contribution >= 4 is 39.9 Å². The Hall–Kier alpha value is -2.77. The van der Waals surface area contributed by atoms with Crippen LogP contribution in [0.5, 0.6) is 5.75 Å². The van der Waals surface area contributed by atoms with Gasteiger partial charge in [0, 0.05) is 22.6 Å². The summed E-state index contributed by atoms with van der Waals surface area (Å²) in [6.07, 6.45) is 0. The van der Waals surface area contributed by atoms with Gasteiger partial charge in [0.15, 0.2) is 5.76 Å². The maximum Gasteiger partial charge on any atom is 0.215 e. The van der Waals surface area contributed by atoms with Crippen LogP contribution >= 0.6 is 23.2 Å². The first-order valence-electron chi connectivity index (χ1n) is 7.67. The number of halogens is 2. The SMILES string of the molecule is COc1ccc(NCc2cc3oc(-c4nnn[nH]4)cc3cc2Cl)cc1Cl. The van der Waals surface area contributed by atoms with Crippen LogP contribution in [0.25, 0.3) is 22.6 Å². The fourth-order valence-electron chi connectivity index (χ4n) is 2.59. The van der Waals surface area contributed by atoms with Crippen LogP contribution in [0.3, 0.4) is 0 Å². The summed E-state index contributed by atoms with van der Waals surface area (Å²) >= 11 is 12.6. The second-order valence-electron chi connectivity index (χ2n) is 5.54. The van der Waals surface area contributed by atoms with Gasteiger partial charge in [0.1, 0.15) is 11.3 Å². The van der Waals surface area contributed by atoms with Gasteiger partial charge in [-0.3, -0.25) is 0 Å². The molecule has 2 heterocycles. The molecule has 0 aliphatic rings. The molecule has 26 heavy (non-hydrogen) atoms. The zero-order valence-corrected chi connectivity index (χ0v) is 15.1. The van der Waals surface area contributed by atoms with E-state index >= 15 is 0 Å². The van der Waals surface area contributed by atoms with E-state index in [4.69, 9.17) is 32.4 Å². The van der Waals surface area contributed by atoms with Crippen molar-refractivity contribution in [3.05, 3.63) is 52.0 Å². The summed E-state index contributed by atoms with van der Waals surface area (Å²) < 4.78 is 11.0. The lowest BCUT2D eigenvalue weighted by Crippen LogP contribution is -2.00. The molecule has 0 saturated heterocycles. The minimum absolute atomic E-state index is 0.463. The van der Waals surface area contributed by atoms with E-state index in [1.165, 1.54) is 0 Å². The predicted molar refractivity (Wildman–Crippen MR) is 99.7 cm³/mol. The van der Waals surface area contributed by atoms with Crippen molar-refractivity contribution in [2.75, 3.05) is 12.4 Å². The molecule has 2 aromatic heterocycles. The molecule has 0 amide bonds. The van der Waals surface area contributed by atoms with E-state index in [0.29, 0.717) is 39.5 Å². The van der Waals surface area contributed by atoms with Gasteiger partial charge in [-0.25, -0.2) is 5.10 Å². The first kappa shape index (κ1) is 16.7. The van der Waals surface area contributed by atoms with E-state index in [9.17, 15) is 0 Å². The third-order valence-corrected chi connectivity index (χ3v) is 4.55. The van der Waals surface area contributed by atoms with Gasteiger partial charge in [0.25, 0.3) is 0 Å². The van der Waals surface area contributed by atoms with Crippen LogP contribution in [-0.2, 0) is 6.54 Å². The predicted octanol–water partition coefficient (Wildman–Crippen LogP) is 4.54. The van der Waals surface area contributed by atoms with E-state index < -0.39 is 0 Å². The Labute approximate surface area is 158 Å². The molecule has 0 radical (unpaired) electrons. The van der Waals surface area contributed by atoms with Crippen molar-refractivity contribution in [1.29, 1.82) is 0 Å². The summed E-state index contributed by atoms with van der Waals surface area (Å²) in [7, 11) is 1.58. The number of nitrogens with zero attached hydrogens (tertiary/aromatic N) is 3. The number of tetrazole rings is 1. The summed E-state index contributed by atoms with van der Waals surface area (Å²) in [6.45, 7) is 0.511. The Morgan fingerprint density at radius 1 is 1.15 bits per heavy atom. The van der Waals surface area contributed by atoms with Gasteiger partial charge in [-0.15, -0.1) is 5.10 Å². The first-order valence-corrected chi connectivity index (χ1v) is 8.43. The number of fused-ring (bicyclic) bond motifs is 1. The number of methoxy groups -OCH3 is 1. The van der Waals surface area contributed by atoms with Gasteiger partial charge >= 0.3 is 0 Å². The largest absolute Gasteiger partial charge is 0.495 e. The van der Waals surface area contributed by atoms with Crippen LogP contribution in [0, 0.1) is 0 Å². The molecule has 2 N–H and O–H groups in total. The van der Waals surface area contributed by atoms with Crippen LogP contribution in [0.1, 0.15) is 5.56 Å². The lowest BCUT2D eigenvalue weighted by molar-refractivity contribution is 0.415. The standard InChI is InChI=1S/C17H13Cl2N5O2/c1-25-14-3-2-11(7-13(14)19)20-8-10-6-15-9(4-12(10)18)5-16(26-15)17-21-23-24-22-17/h2-7,20H,8H2,1H3,(H,21,22,23,24). The lowest BCUT2D eigenvalue weighted by atomic mass is 10.1. The fraction of sp³-hybridized carbons (Fsp3) is 0.118. The monoisotopic (exact) mass is 389 g/mol. The number of aromatic nitrogens is 4. The minimum atomic E-state index is 0.463. The maximum atomic E-state index is 6.41. The first-order chi connectivity index (χ1) is 12.6. The third-order valence-electron chi connectivity index (χ3n) is 3.90. The average molecular weight is 390 g/mol. The van der Waals surface area contributed by atoms with Gasteiger partial charge in [-0.1, -0.05) is 23.2 Å². The summed E-state index contributed by atoms with van der Waals surface area (Å²) in [5, 5.41) is 18.9. The Bertz CT molecular complexity index is 1060. The quantitative estimate of drug-likeness (QED) is 0.520. The highest BCUT2D eigenvalue weighted by atomic mass is 35.5. The summed E-state index contributed by atoms with van der Waals surface area (Å²) in [4.78, 5) is 0. The Morgan fingerprint density at radius 2 is 2.04 bits per heavy atom. The fourth-order valence-corrected chi connectivity index (χ4v) is 3.09. The van der Waals surface area contributed by atoms with Crippen molar-refractivity contribution < 1.29 is 9.15 Å². The second kappa shape index (κ2) is 6.86. The molecular weight excluding hydrogens is 377 g/mol. The normalized spacial score (nSPS) is 11.0. The zero-order valence-electron chi connectivity index (χ0n) is 13.6. The molecular formula is C17H13Cl2N5O2. The molecule has 0 bridgehead atoms. The van der Waals surface area contributed by atoms with Crippen LogP contribution in [-0.4, -0.2) is 27.7 Å². The highest BCUT2D eigenvalue weighted by Gasteiger charge is 2.12. The van der Waals surface area contributed by atoms with Crippen molar-refractivity contribution in [3.63, 3.8) is 0 Å². The molecule has 0 unspecified atom stereocenters. The van der Waals surface area contributed by atoms with E-state index in [-0.39, 0.29) is 0 Å². The van der Waals surface area contributed by atoms with Crippen molar-refractivity contribution in [3.8, 4) is 17.3 Å². The summed E-state index contributed by atoms with van der Waals surface area (Å²) in [6, 6.07) is 11.1. The van der Waals surface area contributed by atoms with Gasteiger partial charge < -0.3 is 14.5 Å². The number of benzene rings is 2. The van der Waals surface area contributed by atoms with E-state index in [1.807, 2.05) is 24.3 Å². The number of furan rings is 1. The summed E-state index contributed by atoms with van der Waals surface area (Å²) in [5.41, 5.74) is 2.45. The number of hydrogen-bond donors (Lipinski definition) is 2. The number of H-pyrrole nitrogens is 1. The molecule has 4 rings (SSSR count). The van der Waals surface area contributed by atoms with E-state index in [1.54, 1.807) is 19.2 Å². The molecule has 2 aromatic carbocycles. The highest BCUT2D eigenvalue weighted by molar-refractivity contribution is 6.32. The smallest absolute Gasteiger partial charge is 0.215 e. The topological polar surface area (TPSA) is 88.9 Å². The van der Waals surface area contributed by atoms with Crippen LogP contribution in [0.4, 0.5) is 5.69 Å². The number of ether oxygens (including phenoxy) is 1. The molecule has 132 valence electrons. The van der Waals surface area contributed by atoms with Crippen molar-refractivity contribution in [1.82, 2.24) is 20.6 Å². The lowest BCUT2D eigenvalue weighted by Gasteiger charge is -2.10. The van der Waals surface area contributed by atoms with Gasteiger partial charge in [0.2, 0.25) is 5.82 Å². The average Bonchev–Trinajstić information content (AvgIpc) is 3.29. The Balaban J connectivity index is 1.58. The van der Waals surface area contributed by atoms with Gasteiger partial charge in [0.05, 0.1) is 12.1 Å². The Kier molecular flexibility index (Phi) is 4.40. The Morgan fingerprint density at radius 3 is 2.77 bits per heavy atom. The molecule has 0 spiro atoms. The van der Waals surface area contributed by atoms with Gasteiger partial charge in [-0.05, 0) is 52.4 Å². The van der Waals surface area contributed by atoms with E-state index in [2.05, 4.69) is 25.9 Å². The van der Waals surface area contributed by atoms with Crippen molar-refractivity contribution in [2.45, 2.75) is 6.54 Å². The second-order valence-corrected chi connectivity index (χ2v) is 6.36. The molecule has 7 nitrogen and oxygen atoms in total. The summed E-state index contributed by atoms with van der Waals surface area (Å²) in [5.74, 6) is 1.64.